The Balaban J connectivity index is 1.73. The van der Waals surface area contributed by atoms with Gasteiger partial charge in [0.2, 0.25) is 0 Å². The smallest absolute Gasteiger partial charge is 0.170 e. The minimum Gasteiger partial charge on any atom is -0.372 e. The van der Waals surface area contributed by atoms with Crippen LogP contribution in [-0.2, 0) is 6.54 Å². The first-order valence-corrected chi connectivity index (χ1v) is 19.6. The van der Waals surface area contributed by atoms with Crippen molar-refractivity contribution >= 4 is 5.69 Å². The largest absolute Gasteiger partial charge is 0.372 e. The lowest BCUT2D eigenvalue weighted by Crippen LogP contribution is -2.30. The molecule has 1 aromatic carbocycles. The molecular weight excluding hydrogens is 544 g/mol. The van der Waals surface area contributed by atoms with E-state index in [2.05, 4.69) is 90.9 Å². The van der Waals surface area contributed by atoms with Crippen molar-refractivity contribution in [1.29, 1.82) is 0 Å². The van der Waals surface area contributed by atoms with Crippen LogP contribution in [0.25, 0.3) is 0 Å². The van der Waals surface area contributed by atoms with Crippen LogP contribution in [0.15, 0.2) is 48.8 Å². The summed E-state index contributed by atoms with van der Waals surface area (Å²) in [4.78, 5) is 2.66. The van der Waals surface area contributed by atoms with Crippen LogP contribution >= 0.6 is 0 Å². The van der Waals surface area contributed by atoms with Gasteiger partial charge in [0.05, 0.1) is 0 Å². The van der Waals surface area contributed by atoms with Crippen molar-refractivity contribution in [1.82, 2.24) is 0 Å². The molecule has 0 saturated heterocycles. The topological polar surface area (TPSA) is 7.12 Å². The van der Waals surface area contributed by atoms with Crippen LogP contribution in [0.5, 0.6) is 0 Å². The molecule has 1 aromatic heterocycles. The van der Waals surface area contributed by atoms with Gasteiger partial charge in [-0.3, -0.25) is 0 Å². The van der Waals surface area contributed by atoms with Crippen LogP contribution in [0.1, 0.15) is 186 Å². The predicted octanol–water partition coefficient (Wildman–Crippen LogP) is 12.6. The second kappa shape index (κ2) is 28.0. The Kier molecular flexibility index (Phi) is 24.2. The normalized spacial score (nSPS) is 11.0. The van der Waals surface area contributed by atoms with Gasteiger partial charge in [0.25, 0.3) is 0 Å². The van der Waals surface area contributed by atoms with Crippen molar-refractivity contribution in [2.24, 2.45) is 0 Å². The lowest BCUT2D eigenvalue weighted by Gasteiger charge is -2.25. The SMILES string of the molecule is CCCCCCCCCCCCCCN(CCCCCCCCCCCCCC)c1ccc(C#Cc2cc[n+](CC)cc2)cc1. The van der Waals surface area contributed by atoms with Gasteiger partial charge in [-0.25, -0.2) is 4.57 Å². The van der Waals surface area contributed by atoms with Crippen molar-refractivity contribution in [3.63, 3.8) is 0 Å². The molecule has 252 valence electrons. The van der Waals surface area contributed by atoms with Crippen molar-refractivity contribution in [2.75, 3.05) is 18.0 Å². The molecule has 2 nitrogen and oxygen atoms in total. The maximum Gasteiger partial charge on any atom is 0.170 e. The van der Waals surface area contributed by atoms with Crippen LogP contribution in [-0.4, -0.2) is 13.1 Å². The molecule has 0 radical (unpaired) electrons. The number of anilines is 1. The summed E-state index contributed by atoms with van der Waals surface area (Å²) in [5.74, 6) is 6.71. The number of hydrogen-bond donors (Lipinski definition) is 0. The van der Waals surface area contributed by atoms with Crippen LogP contribution in [0.2, 0.25) is 0 Å². The van der Waals surface area contributed by atoms with E-state index in [-0.39, 0.29) is 0 Å². The average molecular weight is 616 g/mol. The van der Waals surface area contributed by atoms with Crippen molar-refractivity contribution < 1.29 is 4.57 Å². The number of rotatable bonds is 28. The molecule has 0 atom stereocenters. The molecule has 45 heavy (non-hydrogen) atoms. The summed E-state index contributed by atoms with van der Waals surface area (Å²) in [6, 6.07) is 13.3. The van der Waals surface area contributed by atoms with Gasteiger partial charge in [-0.15, -0.1) is 0 Å². The molecule has 0 amide bonds. The Morgan fingerprint density at radius 1 is 0.422 bits per heavy atom. The van der Waals surface area contributed by atoms with Gasteiger partial charge in [0.15, 0.2) is 12.4 Å². The van der Waals surface area contributed by atoms with Gasteiger partial charge in [0.1, 0.15) is 6.54 Å². The molecule has 2 aromatic rings. The van der Waals surface area contributed by atoms with Crippen molar-refractivity contribution in [3.05, 3.63) is 59.9 Å². The lowest BCUT2D eigenvalue weighted by atomic mass is 10.0. The van der Waals surface area contributed by atoms with E-state index in [1.54, 1.807) is 0 Å². The highest BCUT2D eigenvalue weighted by molar-refractivity contribution is 5.51. The summed E-state index contributed by atoms with van der Waals surface area (Å²) in [7, 11) is 0. The molecule has 0 unspecified atom stereocenters. The zero-order valence-corrected chi connectivity index (χ0v) is 30.1. The Morgan fingerprint density at radius 3 is 1.11 bits per heavy atom. The molecule has 0 fully saturated rings. The molecule has 0 bridgehead atoms. The highest BCUT2D eigenvalue weighted by Crippen LogP contribution is 2.19. The number of aromatic nitrogens is 1. The first-order chi connectivity index (χ1) is 22.3. The number of pyridine rings is 1. The first-order valence-electron chi connectivity index (χ1n) is 19.6. The van der Waals surface area contributed by atoms with E-state index >= 15 is 0 Å². The van der Waals surface area contributed by atoms with Gasteiger partial charge in [-0.1, -0.05) is 167 Å². The number of benzene rings is 1. The fourth-order valence-corrected chi connectivity index (χ4v) is 6.31. The second-order valence-electron chi connectivity index (χ2n) is 13.5. The standard InChI is InChI=1S/C43H71N2/c1-4-7-9-11-13-15-17-19-21-23-25-27-37-45(38-28-26-24-22-20-18-16-14-12-10-8-5-2)43-33-31-41(32-34-43)29-30-42-35-39-44(6-3)40-36-42/h31-36,39-40H,4-28,37-38H2,1-3H3/q+1. The van der Waals surface area contributed by atoms with Gasteiger partial charge in [-0.2, -0.15) is 0 Å². The molecule has 1 heterocycles. The summed E-state index contributed by atoms with van der Waals surface area (Å²) in [6.07, 6.45) is 38.0. The van der Waals surface area contributed by atoms with E-state index < -0.39 is 0 Å². The van der Waals surface area contributed by atoms with E-state index in [0.717, 1.165) is 17.7 Å². The third-order valence-electron chi connectivity index (χ3n) is 9.40. The molecule has 0 aliphatic heterocycles. The summed E-state index contributed by atoms with van der Waals surface area (Å²) >= 11 is 0. The highest BCUT2D eigenvalue weighted by Gasteiger charge is 2.07. The molecule has 0 aliphatic rings. The minimum absolute atomic E-state index is 0.990. The van der Waals surface area contributed by atoms with E-state index in [0.29, 0.717) is 0 Å². The minimum atomic E-state index is 0.990. The Bertz CT molecular complexity index is 953. The molecule has 0 aliphatic carbocycles. The number of hydrogen-bond acceptors (Lipinski definition) is 1. The molecule has 0 saturated carbocycles. The zero-order chi connectivity index (χ0) is 32.0. The second-order valence-corrected chi connectivity index (χ2v) is 13.5. The average Bonchev–Trinajstić information content (AvgIpc) is 3.08. The predicted molar refractivity (Wildman–Crippen MR) is 199 cm³/mol. The molecule has 0 spiro atoms. The van der Waals surface area contributed by atoms with Crippen LogP contribution < -0.4 is 9.47 Å². The van der Waals surface area contributed by atoms with Gasteiger partial charge < -0.3 is 4.90 Å². The van der Waals surface area contributed by atoms with E-state index in [4.69, 9.17) is 0 Å². The molecular formula is C43H71N2+. The van der Waals surface area contributed by atoms with Gasteiger partial charge in [-0.05, 0) is 44.0 Å². The van der Waals surface area contributed by atoms with Crippen molar-refractivity contribution in [2.45, 2.75) is 181 Å². The summed E-state index contributed by atoms with van der Waals surface area (Å²) < 4.78 is 2.17. The number of aryl methyl sites for hydroxylation is 1. The van der Waals surface area contributed by atoms with Crippen LogP contribution in [0.3, 0.4) is 0 Å². The molecule has 0 N–H and O–H groups in total. The fraction of sp³-hybridized carbons (Fsp3) is 0.698. The monoisotopic (exact) mass is 616 g/mol. The van der Waals surface area contributed by atoms with E-state index in [1.165, 1.54) is 173 Å². The Hall–Kier alpha value is -2.27. The summed E-state index contributed by atoms with van der Waals surface area (Å²) in [5, 5.41) is 0. The van der Waals surface area contributed by atoms with Crippen LogP contribution in [0.4, 0.5) is 5.69 Å². The lowest BCUT2D eigenvalue weighted by molar-refractivity contribution is -0.693. The Morgan fingerprint density at radius 2 is 0.756 bits per heavy atom. The quantitative estimate of drug-likeness (QED) is 0.0525. The van der Waals surface area contributed by atoms with E-state index in [1.807, 2.05) is 0 Å². The third kappa shape index (κ3) is 20.5. The molecule has 2 heteroatoms. The van der Waals surface area contributed by atoms with E-state index in [9.17, 15) is 0 Å². The van der Waals surface area contributed by atoms with Crippen molar-refractivity contribution in [3.8, 4) is 11.8 Å². The summed E-state index contributed by atoms with van der Waals surface area (Å²) in [5.41, 5.74) is 3.54. The summed E-state index contributed by atoms with van der Waals surface area (Å²) in [6.45, 7) is 10.1. The zero-order valence-electron chi connectivity index (χ0n) is 30.1. The first kappa shape index (κ1) is 38.9. The Labute approximate surface area is 280 Å². The third-order valence-corrected chi connectivity index (χ3v) is 9.40. The fourth-order valence-electron chi connectivity index (χ4n) is 6.31. The van der Waals surface area contributed by atoms with Gasteiger partial charge >= 0.3 is 0 Å². The van der Waals surface area contributed by atoms with Crippen LogP contribution in [0, 0.1) is 11.8 Å². The maximum absolute atomic E-state index is 3.37. The molecule has 2 rings (SSSR count). The maximum atomic E-state index is 3.37. The number of unbranched alkanes of at least 4 members (excludes halogenated alkanes) is 22. The van der Waals surface area contributed by atoms with Gasteiger partial charge in [0, 0.05) is 42.0 Å². The number of nitrogens with zero attached hydrogens (tertiary/aromatic N) is 2. The highest BCUT2D eigenvalue weighted by atomic mass is 15.1.